The molecule has 138 valence electrons. The molecule has 0 saturated heterocycles. The molecule has 0 aliphatic heterocycles. The highest BCUT2D eigenvalue weighted by molar-refractivity contribution is 5.93. The second-order valence-corrected chi connectivity index (χ2v) is 6.93. The summed E-state index contributed by atoms with van der Waals surface area (Å²) >= 11 is 0. The van der Waals surface area contributed by atoms with Gasteiger partial charge in [-0.3, -0.25) is 9.59 Å². The highest BCUT2D eigenvalue weighted by atomic mass is 16.2. The first-order valence-corrected chi connectivity index (χ1v) is 8.96. The molecule has 2 aromatic rings. The van der Waals surface area contributed by atoms with E-state index in [9.17, 15) is 9.59 Å². The predicted molar refractivity (Wildman–Crippen MR) is 107 cm³/mol. The van der Waals surface area contributed by atoms with Gasteiger partial charge in [-0.15, -0.1) is 0 Å². The molecule has 0 radical (unpaired) electrons. The Labute approximate surface area is 156 Å². The lowest BCUT2D eigenvalue weighted by molar-refractivity contribution is -0.121. The van der Waals surface area contributed by atoms with Crippen molar-refractivity contribution in [3.05, 3.63) is 64.2 Å². The summed E-state index contributed by atoms with van der Waals surface area (Å²) in [6.07, 6.45) is 0.350. The van der Waals surface area contributed by atoms with E-state index in [4.69, 9.17) is 0 Å². The summed E-state index contributed by atoms with van der Waals surface area (Å²) in [5, 5.41) is 2.92. The molecule has 2 amide bonds. The van der Waals surface area contributed by atoms with Crippen LogP contribution in [0.2, 0.25) is 0 Å². The predicted octanol–water partition coefficient (Wildman–Crippen LogP) is 3.63. The number of rotatable bonds is 6. The van der Waals surface area contributed by atoms with E-state index in [0.717, 1.165) is 22.4 Å². The quantitative estimate of drug-likeness (QED) is 0.863. The Bertz CT molecular complexity index is 771. The summed E-state index contributed by atoms with van der Waals surface area (Å²) in [6.45, 7) is 10.6. The summed E-state index contributed by atoms with van der Waals surface area (Å²) in [5.74, 6) is -0.0532. The van der Waals surface area contributed by atoms with Crippen LogP contribution in [0, 0.1) is 27.7 Å². The van der Waals surface area contributed by atoms with Gasteiger partial charge in [0.2, 0.25) is 11.8 Å². The molecule has 0 saturated carbocycles. The second kappa shape index (κ2) is 8.65. The molecule has 0 bridgehead atoms. The Hall–Kier alpha value is -2.62. The maximum absolute atomic E-state index is 12.1. The summed E-state index contributed by atoms with van der Waals surface area (Å²) in [7, 11) is 0. The van der Waals surface area contributed by atoms with Gasteiger partial charge in [-0.05, 0) is 44.4 Å². The maximum atomic E-state index is 12.1. The summed E-state index contributed by atoms with van der Waals surface area (Å²) in [6, 6.07) is 12.1. The van der Waals surface area contributed by atoms with Crippen LogP contribution >= 0.6 is 0 Å². The van der Waals surface area contributed by atoms with E-state index in [-0.39, 0.29) is 11.8 Å². The van der Waals surface area contributed by atoms with Gasteiger partial charge in [-0.1, -0.05) is 47.5 Å². The normalized spacial score (nSPS) is 10.5. The first-order chi connectivity index (χ1) is 12.3. The largest absolute Gasteiger partial charge is 0.354 e. The average Bonchev–Trinajstić information content (AvgIpc) is 2.54. The van der Waals surface area contributed by atoms with Crippen molar-refractivity contribution in [1.82, 2.24) is 5.32 Å². The van der Waals surface area contributed by atoms with E-state index in [1.165, 1.54) is 11.1 Å². The fourth-order valence-electron chi connectivity index (χ4n) is 3.29. The van der Waals surface area contributed by atoms with Crippen molar-refractivity contribution in [2.24, 2.45) is 0 Å². The number of hydrogen-bond acceptors (Lipinski definition) is 2. The third kappa shape index (κ3) is 5.19. The molecule has 4 heteroatoms. The molecular formula is C22H28N2O2. The Balaban J connectivity index is 1.98. The lowest BCUT2D eigenvalue weighted by Crippen LogP contribution is -2.38. The van der Waals surface area contributed by atoms with Crippen LogP contribution < -0.4 is 10.2 Å². The molecule has 0 atom stereocenters. The van der Waals surface area contributed by atoms with E-state index in [2.05, 4.69) is 17.4 Å². The number of amides is 2. The molecule has 0 aliphatic carbocycles. The molecule has 0 heterocycles. The Morgan fingerprint density at radius 3 is 2.04 bits per heavy atom. The highest BCUT2D eigenvalue weighted by Crippen LogP contribution is 2.26. The first-order valence-electron chi connectivity index (χ1n) is 8.96. The summed E-state index contributed by atoms with van der Waals surface area (Å²) < 4.78 is 0. The summed E-state index contributed by atoms with van der Waals surface area (Å²) in [4.78, 5) is 26.0. The number of nitrogens with zero attached hydrogens (tertiary/aromatic N) is 1. The van der Waals surface area contributed by atoms with Gasteiger partial charge >= 0.3 is 0 Å². The molecule has 1 N–H and O–H groups in total. The van der Waals surface area contributed by atoms with Crippen molar-refractivity contribution in [3.63, 3.8) is 0 Å². The van der Waals surface area contributed by atoms with Crippen LogP contribution in [0.3, 0.4) is 0 Å². The third-order valence-electron chi connectivity index (χ3n) is 4.43. The zero-order valence-electron chi connectivity index (χ0n) is 16.3. The number of carbonyl (C=O) groups excluding carboxylic acids is 2. The molecule has 0 fully saturated rings. The molecular weight excluding hydrogens is 324 g/mol. The van der Waals surface area contributed by atoms with Crippen molar-refractivity contribution < 1.29 is 9.59 Å². The minimum absolute atomic E-state index is 0.0205. The smallest absolute Gasteiger partial charge is 0.224 e. The number of anilines is 1. The molecule has 2 rings (SSSR count). The van der Waals surface area contributed by atoms with Crippen molar-refractivity contribution in [1.29, 1.82) is 0 Å². The Morgan fingerprint density at radius 2 is 1.50 bits per heavy atom. The van der Waals surface area contributed by atoms with Crippen LogP contribution in [0.5, 0.6) is 0 Å². The van der Waals surface area contributed by atoms with Gasteiger partial charge < -0.3 is 10.2 Å². The van der Waals surface area contributed by atoms with Gasteiger partial charge in [-0.25, -0.2) is 0 Å². The SMILES string of the molecule is CC(=O)N(CCNC(=O)Cc1ccc(C)cc1)c1c(C)cc(C)cc1C. The fourth-order valence-corrected chi connectivity index (χ4v) is 3.29. The van der Waals surface area contributed by atoms with Crippen LogP contribution in [-0.4, -0.2) is 24.9 Å². The second-order valence-electron chi connectivity index (χ2n) is 6.93. The van der Waals surface area contributed by atoms with Gasteiger partial charge in [0.15, 0.2) is 0 Å². The Morgan fingerprint density at radius 1 is 0.923 bits per heavy atom. The van der Waals surface area contributed by atoms with Gasteiger partial charge in [0.05, 0.1) is 6.42 Å². The number of nitrogens with one attached hydrogen (secondary N) is 1. The molecule has 0 aromatic heterocycles. The monoisotopic (exact) mass is 352 g/mol. The summed E-state index contributed by atoms with van der Waals surface area (Å²) in [5.41, 5.74) is 6.43. The zero-order chi connectivity index (χ0) is 19.3. The maximum Gasteiger partial charge on any atom is 0.224 e. The molecule has 0 aliphatic rings. The minimum atomic E-state index is -0.0327. The molecule has 0 unspecified atom stereocenters. The zero-order valence-corrected chi connectivity index (χ0v) is 16.3. The van der Waals surface area contributed by atoms with Gasteiger partial charge in [0, 0.05) is 25.7 Å². The van der Waals surface area contributed by atoms with E-state index in [1.54, 1.807) is 11.8 Å². The van der Waals surface area contributed by atoms with Crippen LogP contribution in [0.4, 0.5) is 5.69 Å². The third-order valence-corrected chi connectivity index (χ3v) is 4.43. The molecule has 26 heavy (non-hydrogen) atoms. The first kappa shape index (κ1) is 19.7. The van der Waals surface area contributed by atoms with Crippen LogP contribution in [0.25, 0.3) is 0 Å². The van der Waals surface area contributed by atoms with E-state index < -0.39 is 0 Å². The van der Waals surface area contributed by atoms with Crippen LogP contribution in [-0.2, 0) is 16.0 Å². The lowest BCUT2D eigenvalue weighted by atomic mass is 10.0. The van der Waals surface area contributed by atoms with Gasteiger partial charge in [0.1, 0.15) is 0 Å². The van der Waals surface area contributed by atoms with Crippen molar-refractivity contribution in [3.8, 4) is 0 Å². The minimum Gasteiger partial charge on any atom is -0.354 e. The fraction of sp³-hybridized carbons (Fsp3) is 0.364. The molecule has 0 spiro atoms. The standard InChI is InChI=1S/C22H28N2O2/c1-15-6-8-20(9-7-15)14-21(26)23-10-11-24(19(5)25)22-17(3)12-16(2)13-18(22)4/h6-9,12-13H,10-11,14H2,1-5H3,(H,23,26). The average molecular weight is 352 g/mol. The van der Waals surface area contributed by atoms with Gasteiger partial charge in [-0.2, -0.15) is 0 Å². The van der Waals surface area contributed by atoms with Crippen LogP contribution in [0.1, 0.15) is 34.7 Å². The van der Waals surface area contributed by atoms with E-state index >= 15 is 0 Å². The van der Waals surface area contributed by atoms with Crippen molar-refractivity contribution >= 4 is 17.5 Å². The number of carbonyl (C=O) groups is 2. The number of hydrogen-bond donors (Lipinski definition) is 1. The Kier molecular flexibility index (Phi) is 6.56. The van der Waals surface area contributed by atoms with E-state index in [0.29, 0.717) is 19.5 Å². The van der Waals surface area contributed by atoms with Crippen molar-refractivity contribution in [2.75, 3.05) is 18.0 Å². The lowest BCUT2D eigenvalue weighted by Gasteiger charge is -2.25. The topological polar surface area (TPSA) is 49.4 Å². The number of benzene rings is 2. The molecule has 4 nitrogen and oxygen atoms in total. The molecule has 2 aromatic carbocycles. The highest BCUT2D eigenvalue weighted by Gasteiger charge is 2.16. The van der Waals surface area contributed by atoms with Gasteiger partial charge in [0.25, 0.3) is 0 Å². The van der Waals surface area contributed by atoms with Crippen molar-refractivity contribution in [2.45, 2.75) is 41.0 Å². The van der Waals surface area contributed by atoms with Crippen LogP contribution in [0.15, 0.2) is 36.4 Å². The van der Waals surface area contributed by atoms with E-state index in [1.807, 2.05) is 52.0 Å². The number of aryl methyl sites for hydroxylation is 4.